The van der Waals surface area contributed by atoms with E-state index in [0.717, 1.165) is 24.3 Å². The Hall–Kier alpha value is -1.70. The van der Waals surface area contributed by atoms with Crippen molar-refractivity contribution in [2.45, 2.75) is 71.6 Å². The Morgan fingerprint density at radius 1 is 0.710 bits per heavy atom. The van der Waals surface area contributed by atoms with Crippen LogP contribution in [0.4, 0.5) is 0 Å². The van der Waals surface area contributed by atoms with Crippen molar-refractivity contribution in [1.29, 1.82) is 0 Å². The molecule has 164 valence electrons. The first kappa shape index (κ1) is 19.9. The highest BCUT2D eigenvalue weighted by atomic mass is 31.1. The Bertz CT molecular complexity index is 1090. The maximum atomic E-state index is 6.80. The summed E-state index contributed by atoms with van der Waals surface area (Å²) in [5.74, 6) is 1.38. The summed E-state index contributed by atoms with van der Waals surface area (Å²) in [6.45, 7) is 6.86. The fourth-order valence-electron chi connectivity index (χ4n) is 6.38. The van der Waals surface area contributed by atoms with Crippen molar-refractivity contribution in [1.82, 2.24) is 0 Å². The van der Waals surface area contributed by atoms with Crippen molar-refractivity contribution in [2.75, 3.05) is 17.8 Å². The fourth-order valence-corrected chi connectivity index (χ4v) is 8.11. The van der Waals surface area contributed by atoms with Gasteiger partial charge >= 0.3 is 8.16 Å². The van der Waals surface area contributed by atoms with Crippen LogP contribution < -0.4 is 4.67 Å². The fraction of sp³-hybridized carbons (Fsp3) is 0.556. The SMILES string of the molecule is CC1CC(C)CN(p2oc3ccc4c(c3c3c5c(ccc3o2)CCCC5)CCCC4)C1. The summed E-state index contributed by atoms with van der Waals surface area (Å²) in [7, 11) is -1.14. The normalized spacial score (nSPS) is 24.2. The lowest BCUT2D eigenvalue weighted by Gasteiger charge is -2.32. The smallest absolute Gasteiger partial charge is 0.309 e. The number of fused-ring (bicyclic) bond motifs is 7. The van der Waals surface area contributed by atoms with Crippen LogP contribution in [0.1, 0.15) is 68.2 Å². The monoisotopic (exact) mass is 435 g/mol. The third-order valence-corrected chi connectivity index (χ3v) is 9.17. The van der Waals surface area contributed by atoms with Crippen LogP contribution in [0, 0.1) is 11.8 Å². The summed E-state index contributed by atoms with van der Waals surface area (Å²) in [5, 5.41) is 2.74. The molecule has 1 saturated heterocycles. The number of benzene rings is 2. The van der Waals surface area contributed by atoms with Crippen molar-refractivity contribution in [3.05, 3.63) is 46.5 Å². The molecule has 31 heavy (non-hydrogen) atoms. The summed E-state index contributed by atoms with van der Waals surface area (Å²) < 4.78 is 16.1. The zero-order valence-electron chi connectivity index (χ0n) is 19.0. The maximum Gasteiger partial charge on any atom is 0.309 e. The molecule has 2 atom stereocenters. The van der Waals surface area contributed by atoms with Crippen molar-refractivity contribution in [2.24, 2.45) is 11.8 Å². The molecular weight excluding hydrogens is 401 g/mol. The molecule has 0 saturated carbocycles. The van der Waals surface area contributed by atoms with Crippen molar-refractivity contribution in [3.63, 3.8) is 0 Å². The average Bonchev–Trinajstić information content (AvgIpc) is 2.95. The highest BCUT2D eigenvalue weighted by Gasteiger charge is 2.27. The third-order valence-electron chi connectivity index (χ3n) is 7.67. The predicted molar refractivity (Wildman–Crippen MR) is 131 cm³/mol. The molecule has 1 aromatic heterocycles. The van der Waals surface area contributed by atoms with E-state index < -0.39 is 8.16 Å². The van der Waals surface area contributed by atoms with Crippen LogP contribution in [0.5, 0.6) is 0 Å². The van der Waals surface area contributed by atoms with Crippen molar-refractivity contribution >= 4 is 30.1 Å². The van der Waals surface area contributed by atoms with Gasteiger partial charge < -0.3 is 8.39 Å². The Labute approximate surface area is 186 Å². The third kappa shape index (κ3) is 3.55. The van der Waals surface area contributed by atoms with Crippen LogP contribution in [-0.4, -0.2) is 13.1 Å². The van der Waals surface area contributed by atoms with Gasteiger partial charge in [-0.25, -0.2) is 4.67 Å². The summed E-state index contributed by atoms with van der Waals surface area (Å²) >= 11 is 0. The number of hydrogen-bond acceptors (Lipinski definition) is 3. The molecule has 1 aliphatic heterocycles. The minimum absolute atomic E-state index is 0.688. The zero-order chi connectivity index (χ0) is 20.9. The lowest BCUT2D eigenvalue weighted by atomic mass is 9.84. The summed E-state index contributed by atoms with van der Waals surface area (Å²) in [4.78, 5) is 0. The minimum atomic E-state index is -1.14. The van der Waals surface area contributed by atoms with E-state index in [4.69, 9.17) is 8.39 Å². The van der Waals surface area contributed by atoms with Crippen LogP contribution in [0.2, 0.25) is 0 Å². The Kier molecular flexibility index (Phi) is 5.16. The molecule has 0 spiro atoms. The van der Waals surface area contributed by atoms with E-state index >= 15 is 0 Å². The van der Waals surface area contributed by atoms with Gasteiger partial charge in [-0.3, -0.25) is 0 Å². The number of aryl methyl sites for hydroxylation is 4. The minimum Gasteiger partial charge on any atom is -0.408 e. The number of hydrogen-bond donors (Lipinski definition) is 0. The van der Waals surface area contributed by atoms with E-state index in [9.17, 15) is 0 Å². The molecule has 6 rings (SSSR count). The van der Waals surface area contributed by atoms with E-state index in [1.165, 1.54) is 90.8 Å². The van der Waals surface area contributed by atoms with Crippen molar-refractivity contribution < 1.29 is 8.39 Å². The first-order valence-corrected chi connectivity index (χ1v) is 13.5. The van der Waals surface area contributed by atoms with E-state index in [-0.39, 0.29) is 0 Å². The topological polar surface area (TPSA) is 29.5 Å². The number of rotatable bonds is 1. The van der Waals surface area contributed by atoms with Gasteiger partial charge in [-0.1, -0.05) is 26.0 Å². The van der Waals surface area contributed by atoms with Crippen molar-refractivity contribution in [3.8, 4) is 0 Å². The highest BCUT2D eigenvalue weighted by molar-refractivity contribution is 7.39. The quantitative estimate of drug-likeness (QED) is 0.393. The zero-order valence-corrected chi connectivity index (χ0v) is 19.8. The predicted octanol–water partition coefficient (Wildman–Crippen LogP) is 7.66. The lowest BCUT2D eigenvalue weighted by molar-refractivity contribution is 0.362. The Morgan fingerprint density at radius 3 is 1.71 bits per heavy atom. The number of nitrogens with zero attached hydrogens (tertiary/aromatic N) is 1. The molecule has 4 heteroatoms. The largest absolute Gasteiger partial charge is 0.408 e. The molecule has 2 unspecified atom stereocenters. The second kappa shape index (κ2) is 8.01. The molecule has 3 nitrogen and oxygen atoms in total. The van der Waals surface area contributed by atoms with Crippen LogP contribution in [0.3, 0.4) is 0 Å². The van der Waals surface area contributed by atoms with Crippen LogP contribution in [-0.2, 0) is 25.7 Å². The molecule has 1 fully saturated rings. The van der Waals surface area contributed by atoms with Gasteiger partial charge in [-0.15, -0.1) is 0 Å². The second-order valence-corrected chi connectivity index (χ2v) is 11.7. The molecule has 0 radical (unpaired) electrons. The van der Waals surface area contributed by atoms with Gasteiger partial charge in [0.25, 0.3) is 0 Å². The first-order chi connectivity index (χ1) is 15.2. The Balaban J connectivity index is 1.68. The molecule has 0 N–H and O–H groups in total. The van der Waals surface area contributed by atoms with E-state index in [0.29, 0.717) is 11.8 Å². The van der Waals surface area contributed by atoms with Gasteiger partial charge in [0.15, 0.2) is 0 Å². The van der Waals surface area contributed by atoms with Gasteiger partial charge in [-0.2, -0.15) is 0 Å². The summed E-state index contributed by atoms with van der Waals surface area (Å²) in [6.07, 6.45) is 11.2. The summed E-state index contributed by atoms with van der Waals surface area (Å²) in [6, 6.07) is 9.18. The van der Waals surface area contributed by atoms with E-state index in [1.54, 1.807) is 0 Å². The molecule has 0 bridgehead atoms. The van der Waals surface area contributed by atoms with Gasteiger partial charge in [0.2, 0.25) is 0 Å². The molecule has 2 aromatic carbocycles. The molecule has 0 amide bonds. The highest BCUT2D eigenvalue weighted by Crippen LogP contribution is 2.44. The molecule has 3 aromatic rings. The van der Waals surface area contributed by atoms with Gasteiger partial charge in [0.05, 0.1) is 0 Å². The van der Waals surface area contributed by atoms with E-state index in [2.05, 4.69) is 42.8 Å². The van der Waals surface area contributed by atoms with Crippen LogP contribution in [0.25, 0.3) is 21.9 Å². The van der Waals surface area contributed by atoms with Crippen LogP contribution in [0.15, 0.2) is 32.7 Å². The van der Waals surface area contributed by atoms with Gasteiger partial charge in [-0.05, 0) is 104 Å². The summed E-state index contributed by atoms with van der Waals surface area (Å²) in [5.41, 5.74) is 8.25. The average molecular weight is 436 g/mol. The Morgan fingerprint density at radius 2 is 1.19 bits per heavy atom. The van der Waals surface area contributed by atoms with Gasteiger partial charge in [0, 0.05) is 23.9 Å². The molecule has 2 heterocycles. The molecule has 3 aliphatic rings. The standard InChI is InChI=1S/C27H34NO2P/c1-18-15-19(2)17-28(16-18)31-29-24-13-11-20-7-3-5-9-22(20)26(24)27-23-10-6-4-8-21(23)12-14-25(27)30-31/h11-14,18-19H,3-10,15-17H2,1-2H3. The maximum absolute atomic E-state index is 6.80. The first-order valence-electron chi connectivity index (χ1n) is 12.4. The molecular formula is C27H34NO2P. The lowest BCUT2D eigenvalue weighted by Crippen LogP contribution is -2.36. The van der Waals surface area contributed by atoms with E-state index in [1.807, 2.05) is 0 Å². The van der Waals surface area contributed by atoms with Gasteiger partial charge in [0.1, 0.15) is 11.2 Å². The molecule has 2 aliphatic carbocycles. The van der Waals surface area contributed by atoms with Crippen LogP contribution >= 0.6 is 8.16 Å². The second-order valence-electron chi connectivity index (χ2n) is 10.3. The number of piperidine rings is 1.